The van der Waals surface area contributed by atoms with Crippen LogP contribution >= 0.6 is 0 Å². The summed E-state index contributed by atoms with van der Waals surface area (Å²) in [5.41, 5.74) is 9.16. The van der Waals surface area contributed by atoms with Gasteiger partial charge in [-0.05, 0) is 42.5 Å². The van der Waals surface area contributed by atoms with Gasteiger partial charge in [0.05, 0.1) is 17.6 Å². The quantitative estimate of drug-likeness (QED) is 0.729. The van der Waals surface area contributed by atoms with Gasteiger partial charge in [-0.25, -0.2) is 4.68 Å². The molecule has 0 amide bonds. The molecule has 1 aliphatic heterocycles. The van der Waals surface area contributed by atoms with Crippen molar-refractivity contribution in [2.45, 2.75) is 0 Å². The molecule has 2 heterocycles. The molecule has 1 aromatic heterocycles. The van der Waals surface area contributed by atoms with E-state index in [9.17, 15) is 0 Å². The van der Waals surface area contributed by atoms with Crippen molar-refractivity contribution in [3.05, 3.63) is 48.7 Å². The van der Waals surface area contributed by atoms with Gasteiger partial charge in [-0.2, -0.15) is 0 Å². The lowest BCUT2D eigenvalue weighted by Gasteiger charge is -2.07. The Bertz CT molecular complexity index is 796. The molecule has 21 heavy (non-hydrogen) atoms. The van der Waals surface area contributed by atoms with Crippen LogP contribution in [0.5, 0.6) is 11.5 Å². The lowest BCUT2D eigenvalue weighted by atomic mass is 10.1. The molecule has 0 saturated carbocycles. The second-order valence-corrected chi connectivity index (χ2v) is 4.69. The van der Waals surface area contributed by atoms with Crippen molar-refractivity contribution in [1.82, 2.24) is 15.0 Å². The molecule has 4 rings (SSSR count). The largest absolute Gasteiger partial charge is 0.454 e. The van der Waals surface area contributed by atoms with E-state index in [0.717, 1.165) is 28.4 Å². The van der Waals surface area contributed by atoms with Gasteiger partial charge >= 0.3 is 0 Å². The number of nitrogens with zero attached hydrogens (tertiary/aromatic N) is 3. The zero-order valence-electron chi connectivity index (χ0n) is 11.1. The zero-order chi connectivity index (χ0) is 14.2. The summed E-state index contributed by atoms with van der Waals surface area (Å²) >= 11 is 0. The van der Waals surface area contributed by atoms with E-state index in [-0.39, 0.29) is 6.79 Å². The van der Waals surface area contributed by atoms with E-state index in [4.69, 9.17) is 15.2 Å². The molecule has 2 N–H and O–H groups in total. The molecule has 0 bridgehead atoms. The minimum Gasteiger partial charge on any atom is -0.454 e. The summed E-state index contributed by atoms with van der Waals surface area (Å²) in [6, 6.07) is 13.2. The molecule has 3 aromatic rings. The first kappa shape index (κ1) is 11.8. The molecule has 6 heteroatoms. The molecule has 0 unspecified atom stereocenters. The van der Waals surface area contributed by atoms with Crippen molar-refractivity contribution < 1.29 is 9.47 Å². The van der Waals surface area contributed by atoms with Gasteiger partial charge in [-0.15, -0.1) is 5.10 Å². The molecular formula is C15H12N4O2. The van der Waals surface area contributed by atoms with Gasteiger partial charge in [0.25, 0.3) is 0 Å². The molecule has 0 aliphatic carbocycles. The minimum absolute atomic E-state index is 0.258. The summed E-state index contributed by atoms with van der Waals surface area (Å²) in [4.78, 5) is 0. The van der Waals surface area contributed by atoms with Gasteiger partial charge in [0.2, 0.25) is 6.79 Å². The van der Waals surface area contributed by atoms with Gasteiger partial charge in [0.15, 0.2) is 11.5 Å². The van der Waals surface area contributed by atoms with Gasteiger partial charge in [0.1, 0.15) is 0 Å². The van der Waals surface area contributed by atoms with Crippen LogP contribution in [-0.4, -0.2) is 21.8 Å². The van der Waals surface area contributed by atoms with Crippen molar-refractivity contribution in [1.29, 1.82) is 0 Å². The number of benzene rings is 2. The predicted molar refractivity (Wildman–Crippen MR) is 77.3 cm³/mol. The van der Waals surface area contributed by atoms with Crippen LogP contribution < -0.4 is 15.2 Å². The Morgan fingerprint density at radius 3 is 2.67 bits per heavy atom. The van der Waals surface area contributed by atoms with E-state index >= 15 is 0 Å². The fourth-order valence-electron chi connectivity index (χ4n) is 2.29. The SMILES string of the molecule is Nc1ccc(-n2nncc2-c2ccc3c(c2)OCO3)cc1. The molecule has 0 fully saturated rings. The van der Waals surface area contributed by atoms with Crippen molar-refractivity contribution in [2.75, 3.05) is 12.5 Å². The Hall–Kier alpha value is -3.02. The molecule has 104 valence electrons. The molecule has 0 atom stereocenters. The summed E-state index contributed by atoms with van der Waals surface area (Å²) in [7, 11) is 0. The Balaban J connectivity index is 1.80. The van der Waals surface area contributed by atoms with E-state index in [1.807, 2.05) is 42.5 Å². The van der Waals surface area contributed by atoms with E-state index in [1.165, 1.54) is 0 Å². The molecule has 0 saturated heterocycles. The highest BCUT2D eigenvalue weighted by molar-refractivity contribution is 5.65. The molecular weight excluding hydrogens is 268 g/mol. The van der Waals surface area contributed by atoms with Crippen LogP contribution in [0, 0.1) is 0 Å². The normalized spacial score (nSPS) is 12.6. The van der Waals surface area contributed by atoms with E-state index < -0.39 is 0 Å². The lowest BCUT2D eigenvalue weighted by molar-refractivity contribution is 0.174. The van der Waals surface area contributed by atoms with Crippen molar-refractivity contribution in [3.63, 3.8) is 0 Å². The lowest BCUT2D eigenvalue weighted by Crippen LogP contribution is -1.99. The number of anilines is 1. The molecule has 2 aromatic carbocycles. The number of nitrogen functional groups attached to an aromatic ring is 1. The van der Waals surface area contributed by atoms with Crippen LogP contribution in [0.4, 0.5) is 5.69 Å². The summed E-state index contributed by atoms with van der Waals surface area (Å²) in [5.74, 6) is 1.49. The number of fused-ring (bicyclic) bond motifs is 1. The Morgan fingerprint density at radius 2 is 1.81 bits per heavy atom. The molecule has 6 nitrogen and oxygen atoms in total. The van der Waals surface area contributed by atoms with E-state index in [1.54, 1.807) is 10.9 Å². The maximum atomic E-state index is 5.71. The number of nitrogens with two attached hydrogens (primary N) is 1. The number of hydrogen-bond donors (Lipinski definition) is 1. The van der Waals surface area contributed by atoms with Crippen molar-refractivity contribution in [3.8, 4) is 28.4 Å². The number of hydrogen-bond acceptors (Lipinski definition) is 5. The highest BCUT2D eigenvalue weighted by Gasteiger charge is 2.16. The fraction of sp³-hybridized carbons (Fsp3) is 0.0667. The minimum atomic E-state index is 0.258. The first-order valence-corrected chi connectivity index (χ1v) is 6.48. The number of rotatable bonds is 2. The zero-order valence-corrected chi connectivity index (χ0v) is 11.1. The third-order valence-electron chi connectivity index (χ3n) is 3.36. The van der Waals surface area contributed by atoms with Crippen LogP contribution in [-0.2, 0) is 0 Å². The maximum Gasteiger partial charge on any atom is 0.231 e. The van der Waals surface area contributed by atoms with Crippen LogP contribution in [0.25, 0.3) is 16.9 Å². The summed E-state index contributed by atoms with van der Waals surface area (Å²) in [6.07, 6.45) is 1.72. The monoisotopic (exact) mass is 280 g/mol. The molecule has 0 radical (unpaired) electrons. The first-order valence-electron chi connectivity index (χ1n) is 6.48. The Kier molecular flexibility index (Phi) is 2.53. The van der Waals surface area contributed by atoms with Crippen LogP contribution in [0.1, 0.15) is 0 Å². The Morgan fingerprint density at radius 1 is 1.00 bits per heavy atom. The summed E-state index contributed by atoms with van der Waals surface area (Å²) < 4.78 is 12.5. The standard InChI is InChI=1S/C15H12N4O2/c16-11-2-4-12(5-3-11)19-13(8-17-18-19)10-1-6-14-15(7-10)21-9-20-14/h1-8H,9,16H2. The van der Waals surface area contributed by atoms with Crippen molar-refractivity contribution >= 4 is 5.69 Å². The predicted octanol–water partition coefficient (Wildman–Crippen LogP) is 2.25. The smallest absolute Gasteiger partial charge is 0.231 e. The number of ether oxygens (including phenoxy) is 2. The van der Waals surface area contributed by atoms with Gasteiger partial charge < -0.3 is 15.2 Å². The second-order valence-electron chi connectivity index (χ2n) is 4.69. The van der Waals surface area contributed by atoms with Gasteiger partial charge in [0, 0.05) is 11.3 Å². The van der Waals surface area contributed by atoms with Crippen LogP contribution in [0.15, 0.2) is 48.7 Å². The van der Waals surface area contributed by atoms with E-state index in [2.05, 4.69) is 10.3 Å². The highest BCUT2D eigenvalue weighted by Crippen LogP contribution is 2.36. The van der Waals surface area contributed by atoms with Crippen LogP contribution in [0.2, 0.25) is 0 Å². The summed E-state index contributed by atoms with van der Waals surface area (Å²) in [6.45, 7) is 0.258. The summed E-state index contributed by atoms with van der Waals surface area (Å²) in [5, 5.41) is 8.14. The van der Waals surface area contributed by atoms with E-state index in [0.29, 0.717) is 5.69 Å². The maximum absolute atomic E-state index is 5.71. The molecule has 0 spiro atoms. The second kappa shape index (κ2) is 4.52. The van der Waals surface area contributed by atoms with Gasteiger partial charge in [-0.1, -0.05) is 5.21 Å². The average molecular weight is 280 g/mol. The van der Waals surface area contributed by atoms with Crippen molar-refractivity contribution in [2.24, 2.45) is 0 Å². The molecule has 1 aliphatic rings. The highest BCUT2D eigenvalue weighted by atomic mass is 16.7. The Labute approximate surface area is 120 Å². The topological polar surface area (TPSA) is 75.2 Å². The first-order chi connectivity index (χ1) is 10.3. The average Bonchev–Trinajstić information content (AvgIpc) is 3.16. The van der Waals surface area contributed by atoms with Crippen LogP contribution in [0.3, 0.4) is 0 Å². The fourth-order valence-corrected chi connectivity index (χ4v) is 2.29. The van der Waals surface area contributed by atoms with Gasteiger partial charge in [-0.3, -0.25) is 0 Å². The number of aromatic nitrogens is 3. The third-order valence-corrected chi connectivity index (χ3v) is 3.36. The third kappa shape index (κ3) is 1.97.